The number of carbonyl (C=O) groups is 2. The summed E-state index contributed by atoms with van der Waals surface area (Å²) >= 11 is 0. The maximum Gasteiger partial charge on any atom is 0.242 e. The van der Waals surface area contributed by atoms with Crippen LogP contribution in [0.25, 0.3) is 0 Å². The number of carbonyl (C=O) groups excluding carboxylic acids is 2. The molecule has 1 fully saturated rings. The fourth-order valence-corrected chi connectivity index (χ4v) is 5.66. The van der Waals surface area contributed by atoms with E-state index in [1.807, 2.05) is 0 Å². The van der Waals surface area contributed by atoms with Crippen LogP contribution < -0.4 is 14.4 Å². The standard InChI is InChI=1S/C28H38FN3O5S/c1-21(28(34)30-24-9-5-4-6-10-24)31(20-22-14-16-23(29)17-15-22)27(33)13-8-18-32(38(3,35)36)25-11-7-12-26(19-25)37-2/h7,11-12,14-17,19,21,24H,4-6,8-10,13,18,20H2,1-3H3,(H,30,34)/t21-/m1/s1. The van der Waals surface area contributed by atoms with Crippen molar-refractivity contribution in [3.63, 3.8) is 0 Å². The third-order valence-electron chi connectivity index (χ3n) is 6.88. The van der Waals surface area contributed by atoms with Gasteiger partial charge in [0.2, 0.25) is 21.8 Å². The van der Waals surface area contributed by atoms with Gasteiger partial charge in [-0.2, -0.15) is 0 Å². The minimum absolute atomic E-state index is 0.0399. The van der Waals surface area contributed by atoms with Crippen molar-refractivity contribution in [2.45, 2.75) is 70.5 Å². The molecule has 0 spiro atoms. The summed E-state index contributed by atoms with van der Waals surface area (Å²) < 4.78 is 44.9. The minimum atomic E-state index is -3.61. The highest BCUT2D eigenvalue weighted by Gasteiger charge is 2.28. The Morgan fingerprint density at radius 2 is 1.79 bits per heavy atom. The predicted octanol–water partition coefficient (Wildman–Crippen LogP) is 4.25. The Hall–Kier alpha value is -3.14. The number of ether oxygens (including phenoxy) is 1. The van der Waals surface area contributed by atoms with E-state index in [9.17, 15) is 22.4 Å². The van der Waals surface area contributed by atoms with Gasteiger partial charge in [-0.05, 0) is 56.0 Å². The summed E-state index contributed by atoms with van der Waals surface area (Å²) in [5, 5.41) is 3.08. The van der Waals surface area contributed by atoms with Crippen LogP contribution in [0.1, 0.15) is 57.4 Å². The number of hydrogen-bond acceptors (Lipinski definition) is 5. The lowest BCUT2D eigenvalue weighted by Crippen LogP contribution is -2.50. The molecule has 0 bridgehead atoms. The Bertz CT molecular complexity index is 1180. The van der Waals surface area contributed by atoms with Crippen molar-refractivity contribution in [3.8, 4) is 5.75 Å². The van der Waals surface area contributed by atoms with Gasteiger partial charge in [-0.15, -0.1) is 0 Å². The molecule has 10 heteroatoms. The maximum atomic E-state index is 13.4. The van der Waals surface area contributed by atoms with Gasteiger partial charge in [-0.25, -0.2) is 12.8 Å². The van der Waals surface area contributed by atoms with Crippen molar-refractivity contribution in [2.75, 3.05) is 24.2 Å². The molecule has 0 radical (unpaired) electrons. The average Bonchev–Trinajstić information content (AvgIpc) is 2.90. The summed E-state index contributed by atoms with van der Waals surface area (Å²) in [6.45, 7) is 1.92. The molecule has 1 atom stereocenters. The van der Waals surface area contributed by atoms with Crippen molar-refractivity contribution in [3.05, 3.63) is 59.9 Å². The molecule has 38 heavy (non-hydrogen) atoms. The number of nitrogens with zero attached hydrogens (tertiary/aromatic N) is 2. The van der Waals surface area contributed by atoms with Crippen LogP contribution in [0.5, 0.6) is 5.75 Å². The maximum absolute atomic E-state index is 13.4. The normalized spacial score (nSPS) is 14.9. The van der Waals surface area contributed by atoms with E-state index in [4.69, 9.17) is 4.74 Å². The molecule has 0 aliphatic heterocycles. The third kappa shape index (κ3) is 8.44. The first-order valence-corrected chi connectivity index (χ1v) is 14.9. The highest BCUT2D eigenvalue weighted by Crippen LogP contribution is 2.24. The Balaban J connectivity index is 1.71. The fraction of sp³-hybridized carbons (Fsp3) is 0.500. The molecular formula is C28H38FN3O5S. The summed E-state index contributed by atoms with van der Waals surface area (Å²) in [4.78, 5) is 28.0. The quantitative estimate of drug-likeness (QED) is 0.429. The first-order valence-electron chi connectivity index (χ1n) is 13.0. The molecule has 0 heterocycles. The second-order valence-electron chi connectivity index (χ2n) is 9.81. The third-order valence-corrected chi connectivity index (χ3v) is 8.07. The summed E-state index contributed by atoms with van der Waals surface area (Å²) in [5.74, 6) is -0.357. The number of sulfonamides is 1. The highest BCUT2D eigenvalue weighted by atomic mass is 32.2. The zero-order valence-electron chi connectivity index (χ0n) is 22.4. The smallest absolute Gasteiger partial charge is 0.242 e. The van der Waals surface area contributed by atoms with Crippen molar-refractivity contribution >= 4 is 27.5 Å². The van der Waals surface area contributed by atoms with Crippen LogP contribution in [0.4, 0.5) is 10.1 Å². The average molecular weight is 548 g/mol. The first kappa shape index (κ1) is 29.4. The molecular weight excluding hydrogens is 509 g/mol. The van der Waals surface area contributed by atoms with Crippen LogP contribution in [0.15, 0.2) is 48.5 Å². The van der Waals surface area contributed by atoms with Crippen LogP contribution in [-0.4, -0.2) is 57.1 Å². The fourth-order valence-electron chi connectivity index (χ4n) is 4.71. The lowest BCUT2D eigenvalue weighted by molar-refractivity contribution is -0.141. The number of methoxy groups -OCH3 is 1. The summed E-state index contributed by atoms with van der Waals surface area (Å²) in [5.41, 5.74) is 1.15. The van der Waals surface area contributed by atoms with E-state index in [2.05, 4.69) is 5.32 Å². The van der Waals surface area contributed by atoms with Gasteiger partial charge in [0, 0.05) is 31.6 Å². The molecule has 0 unspecified atom stereocenters. The molecule has 2 amide bonds. The van der Waals surface area contributed by atoms with Crippen molar-refractivity contribution in [1.82, 2.24) is 10.2 Å². The zero-order valence-corrected chi connectivity index (χ0v) is 23.2. The molecule has 8 nitrogen and oxygen atoms in total. The van der Waals surface area contributed by atoms with Gasteiger partial charge in [0.25, 0.3) is 0 Å². The zero-order chi connectivity index (χ0) is 27.7. The van der Waals surface area contributed by atoms with Crippen molar-refractivity contribution in [1.29, 1.82) is 0 Å². The summed E-state index contributed by atoms with van der Waals surface area (Å²) in [6, 6.07) is 11.9. The number of halogens is 1. The van der Waals surface area contributed by atoms with Gasteiger partial charge in [0.1, 0.15) is 17.6 Å². The molecule has 1 aliphatic carbocycles. The Morgan fingerprint density at radius 1 is 1.11 bits per heavy atom. The van der Waals surface area contributed by atoms with E-state index in [0.29, 0.717) is 17.0 Å². The number of benzene rings is 2. The first-order chi connectivity index (χ1) is 18.1. The lowest BCUT2D eigenvalue weighted by Gasteiger charge is -2.31. The molecule has 1 aliphatic rings. The van der Waals surface area contributed by atoms with E-state index < -0.39 is 16.1 Å². The highest BCUT2D eigenvalue weighted by molar-refractivity contribution is 7.92. The van der Waals surface area contributed by atoms with Gasteiger partial charge in [-0.1, -0.05) is 37.5 Å². The molecule has 208 valence electrons. The summed E-state index contributed by atoms with van der Waals surface area (Å²) in [7, 11) is -2.10. The van der Waals surface area contributed by atoms with Gasteiger partial charge >= 0.3 is 0 Å². The second kappa shape index (κ2) is 13.6. The van der Waals surface area contributed by atoms with Crippen LogP contribution in [0, 0.1) is 5.82 Å². The molecule has 3 rings (SSSR count). The molecule has 1 saturated carbocycles. The number of amides is 2. The lowest BCUT2D eigenvalue weighted by atomic mass is 9.95. The van der Waals surface area contributed by atoms with E-state index in [1.165, 1.54) is 28.4 Å². The van der Waals surface area contributed by atoms with Gasteiger partial charge in [-0.3, -0.25) is 13.9 Å². The van der Waals surface area contributed by atoms with Crippen LogP contribution >= 0.6 is 0 Å². The number of anilines is 1. The summed E-state index contributed by atoms with van der Waals surface area (Å²) in [6.07, 6.45) is 6.57. The van der Waals surface area contributed by atoms with E-state index in [-0.39, 0.29) is 49.6 Å². The molecule has 0 aromatic heterocycles. The van der Waals surface area contributed by atoms with Crippen LogP contribution in [0.3, 0.4) is 0 Å². The largest absolute Gasteiger partial charge is 0.497 e. The minimum Gasteiger partial charge on any atom is -0.497 e. The Kier molecular flexibility index (Phi) is 10.5. The van der Waals surface area contributed by atoms with E-state index >= 15 is 0 Å². The topological polar surface area (TPSA) is 96.0 Å². The monoisotopic (exact) mass is 547 g/mol. The molecule has 2 aromatic rings. The number of rotatable bonds is 12. The molecule has 1 N–H and O–H groups in total. The predicted molar refractivity (Wildman–Crippen MR) is 146 cm³/mol. The van der Waals surface area contributed by atoms with E-state index in [0.717, 1.165) is 38.4 Å². The van der Waals surface area contributed by atoms with Crippen molar-refractivity contribution < 1.29 is 27.1 Å². The Morgan fingerprint density at radius 3 is 2.42 bits per heavy atom. The SMILES string of the molecule is COc1cccc(N(CCCC(=O)N(Cc2ccc(F)cc2)[C@H](C)C(=O)NC2CCCCC2)S(C)(=O)=O)c1. The second-order valence-corrected chi connectivity index (χ2v) is 11.7. The van der Waals surface area contributed by atoms with Crippen LogP contribution in [-0.2, 0) is 26.2 Å². The van der Waals surface area contributed by atoms with E-state index in [1.54, 1.807) is 43.3 Å². The molecule has 2 aromatic carbocycles. The van der Waals surface area contributed by atoms with Gasteiger partial charge < -0.3 is 15.0 Å². The Labute approximate surface area is 225 Å². The number of nitrogens with one attached hydrogen (secondary N) is 1. The molecule has 0 saturated heterocycles. The van der Waals surface area contributed by atoms with Crippen LogP contribution in [0.2, 0.25) is 0 Å². The van der Waals surface area contributed by atoms with Gasteiger partial charge in [0.15, 0.2) is 0 Å². The van der Waals surface area contributed by atoms with Crippen molar-refractivity contribution in [2.24, 2.45) is 0 Å². The van der Waals surface area contributed by atoms with Gasteiger partial charge in [0.05, 0.1) is 19.1 Å². The number of hydrogen-bond donors (Lipinski definition) is 1.